The van der Waals surface area contributed by atoms with Crippen molar-refractivity contribution in [2.24, 2.45) is 5.84 Å². The largest absolute Gasteiger partial charge is 0.271 e. The van der Waals surface area contributed by atoms with Crippen LogP contribution in [0.5, 0.6) is 0 Å². The monoisotopic (exact) mass is 268 g/mol. The van der Waals surface area contributed by atoms with Gasteiger partial charge in [0.15, 0.2) is 9.84 Å². The van der Waals surface area contributed by atoms with Crippen molar-refractivity contribution in [1.29, 1.82) is 0 Å². The molecule has 3 N–H and O–H groups in total. The molecule has 5 heteroatoms. The lowest BCUT2D eigenvalue weighted by atomic mass is 9.99. The Morgan fingerprint density at radius 1 is 1.39 bits per heavy atom. The molecule has 0 fully saturated rings. The molecular weight excluding hydrogens is 248 g/mol. The first-order chi connectivity index (χ1) is 8.38. The van der Waals surface area contributed by atoms with E-state index in [0.29, 0.717) is 4.90 Å². The minimum atomic E-state index is -3.15. The van der Waals surface area contributed by atoms with Crippen LogP contribution in [-0.4, -0.2) is 14.7 Å². The zero-order valence-corrected chi connectivity index (χ0v) is 11.6. The molecule has 0 aliphatic heterocycles. The second-order valence-corrected chi connectivity index (χ2v) is 6.38. The number of rotatable bonds is 6. The van der Waals surface area contributed by atoms with E-state index in [1.807, 2.05) is 6.92 Å². The standard InChI is InChI=1S/C13H20N2O2S/c1-4-10(2)9-13(15-14)11-5-7-12(8-6-11)18(3,16)17/h5-8,13,15H,2,4,9,14H2,1,3H3. The summed E-state index contributed by atoms with van der Waals surface area (Å²) < 4.78 is 22.7. The molecule has 1 rings (SSSR count). The van der Waals surface area contributed by atoms with E-state index in [4.69, 9.17) is 5.84 Å². The van der Waals surface area contributed by atoms with E-state index in [2.05, 4.69) is 12.0 Å². The van der Waals surface area contributed by atoms with E-state index >= 15 is 0 Å². The van der Waals surface area contributed by atoms with E-state index in [9.17, 15) is 8.42 Å². The molecule has 1 unspecified atom stereocenters. The first-order valence-electron chi connectivity index (χ1n) is 5.81. The summed E-state index contributed by atoms with van der Waals surface area (Å²) in [6.45, 7) is 6.00. The molecule has 0 heterocycles. The highest BCUT2D eigenvalue weighted by Gasteiger charge is 2.12. The third-order valence-corrected chi connectivity index (χ3v) is 4.03. The highest BCUT2D eigenvalue weighted by molar-refractivity contribution is 7.90. The summed E-state index contributed by atoms with van der Waals surface area (Å²) in [5.74, 6) is 5.52. The van der Waals surface area contributed by atoms with Gasteiger partial charge in [-0.25, -0.2) is 8.42 Å². The Balaban J connectivity index is 2.92. The van der Waals surface area contributed by atoms with Crippen molar-refractivity contribution < 1.29 is 8.42 Å². The lowest BCUT2D eigenvalue weighted by molar-refractivity contribution is 0.544. The van der Waals surface area contributed by atoms with Crippen molar-refractivity contribution in [3.05, 3.63) is 42.0 Å². The first-order valence-corrected chi connectivity index (χ1v) is 7.70. The third-order valence-electron chi connectivity index (χ3n) is 2.90. The molecule has 0 aliphatic rings. The molecule has 0 saturated carbocycles. The van der Waals surface area contributed by atoms with Gasteiger partial charge in [-0.05, 0) is 30.5 Å². The molecule has 4 nitrogen and oxygen atoms in total. The molecule has 0 saturated heterocycles. The Bertz CT molecular complexity index is 506. The molecule has 1 aromatic rings. The molecule has 1 aromatic carbocycles. The highest BCUT2D eigenvalue weighted by atomic mass is 32.2. The van der Waals surface area contributed by atoms with Crippen LogP contribution in [0, 0.1) is 0 Å². The number of sulfone groups is 1. The zero-order chi connectivity index (χ0) is 13.8. The Kier molecular flexibility index (Phi) is 5.07. The van der Waals surface area contributed by atoms with Crippen molar-refractivity contribution in [3.8, 4) is 0 Å². The van der Waals surface area contributed by atoms with Crippen LogP contribution in [0.2, 0.25) is 0 Å². The maximum absolute atomic E-state index is 11.4. The fourth-order valence-corrected chi connectivity index (χ4v) is 2.28. The molecular formula is C13H20N2O2S. The van der Waals surface area contributed by atoms with Crippen LogP contribution >= 0.6 is 0 Å². The van der Waals surface area contributed by atoms with Gasteiger partial charge in [0.25, 0.3) is 0 Å². The van der Waals surface area contributed by atoms with Gasteiger partial charge >= 0.3 is 0 Å². The van der Waals surface area contributed by atoms with E-state index in [0.717, 1.165) is 24.0 Å². The summed E-state index contributed by atoms with van der Waals surface area (Å²) >= 11 is 0. The second kappa shape index (κ2) is 6.13. The van der Waals surface area contributed by atoms with Crippen LogP contribution in [0.15, 0.2) is 41.3 Å². The molecule has 100 valence electrons. The molecule has 0 radical (unpaired) electrons. The number of benzene rings is 1. The van der Waals surface area contributed by atoms with Gasteiger partial charge < -0.3 is 0 Å². The molecule has 1 atom stereocenters. The van der Waals surface area contributed by atoms with Gasteiger partial charge in [0.1, 0.15) is 0 Å². The quantitative estimate of drug-likeness (QED) is 0.470. The van der Waals surface area contributed by atoms with Gasteiger partial charge in [0.2, 0.25) is 0 Å². The number of hydrogen-bond acceptors (Lipinski definition) is 4. The van der Waals surface area contributed by atoms with Crippen LogP contribution < -0.4 is 11.3 Å². The minimum absolute atomic E-state index is 0.0361. The van der Waals surface area contributed by atoms with Gasteiger partial charge in [-0.2, -0.15) is 0 Å². The Morgan fingerprint density at radius 3 is 2.33 bits per heavy atom. The van der Waals surface area contributed by atoms with Gasteiger partial charge in [0, 0.05) is 12.3 Å². The maximum Gasteiger partial charge on any atom is 0.175 e. The molecule has 0 amide bonds. The van der Waals surface area contributed by atoms with Crippen molar-refractivity contribution >= 4 is 9.84 Å². The summed E-state index contributed by atoms with van der Waals surface area (Å²) in [7, 11) is -3.15. The van der Waals surface area contributed by atoms with Crippen LogP contribution in [0.4, 0.5) is 0 Å². The molecule has 0 aliphatic carbocycles. The summed E-state index contributed by atoms with van der Waals surface area (Å²) in [6, 6.07) is 6.73. The predicted molar refractivity (Wildman–Crippen MR) is 73.7 cm³/mol. The van der Waals surface area contributed by atoms with Crippen molar-refractivity contribution in [2.75, 3.05) is 6.26 Å². The van der Waals surface area contributed by atoms with Crippen LogP contribution in [0.3, 0.4) is 0 Å². The lowest BCUT2D eigenvalue weighted by Crippen LogP contribution is -2.28. The number of hydrazine groups is 1. The minimum Gasteiger partial charge on any atom is -0.271 e. The predicted octanol–water partition coefficient (Wildman–Crippen LogP) is 1.95. The van der Waals surface area contributed by atoms with Crippen LogP contribution in [-0.2, 0) is 9.84 Å². The number of nitrogens with one attached hydrogen (secondary N) is 1. The van der Waals surface area contributed by atoms with Gasteiger partial charge in [0.05, 0.1) is 4.90 Å². The van der Waals surface area contributed by atoms with E-state index in [1.165, 1.54) is 6.26 Å². The van der Waals surface area contributed by atoms with Crippen LogP contribution in [0.1, 0.15) is 31.4 Å². The van der Waals surface area contributed by atoms with E-state index < -0.39 is 9.84 Å². The smallest absolute Gasteiger partial charge is 0.175 e. The van der Waals surface area contributed by atoms with Crippen LogP contribution in [0.25, 0.3) is 0 Å². The van der Waals surface area contributed by atoms with Gasteiger partial charge in [-0.1, -0.05) is 31.2 Å². The topological polar surface area (TPSA) is 72.2 Å². The summed E-state index contributed by atoms with van der Waals surface area (Å²) in [5, 5.41) is 0. The zero-order valence-electron chi connectivity index (χ0n) is 10.8. The van der Waals surface area contributed by atoms with Gasteiger partial charge in [-0.15, -0.1) is 0 Å². The Hall–Kier alpha value is -1.17. The third kappa shape index (κ3) is 3.94. The second-order valence-electron chi connectivity index (χ2n) is 4.37. The van der Waals surface area contributed by atoms with Crippen molar-refractivity contribution in [1.82, 2.24) is 5.43 Å². The van der Waals surface area contributed by atoms with Crippen molar-refractivity contribution in [3.63, 3.8) is 0 Å². The highest BCUT2D eigenvalue weighted by Crippen LogP contribution is 2.22. The fraction of sp³-hybridized carbons (Fsp3) is 0.385. The molecule has 0 bridgehead atoms. The lowest BCUT2D eigenvalue weighted by Gasteiger charge is -2.17. The van der Waals surface area contributed by atoms with E-state index in [-0.39, 0.29) is 6.04 Å². The normalized spacial score (nSPS) is 13.3. The Labute approximate surface area is 109 Å². The van der Waals surface area contributed by atoms with Gasteiger partial charge in [-0.3, -0.25) is 11.3 Å². The molecule has 0 spiro atoms. The summed E-state index contributed by atoms with van der Waals surface area (Å²) in [6.07, 6.45) is 2.84. The number of hydrogen-bond donors (Lipinski definition) is 2. The fourth-order valence-electron chi connectivity index (χ4n) is 1.65. The first kappa shape index (κ1) is 14.9. The Morgan fingerprint density at radius 2 is 1.94 bits per heavy atom. The number of nitrogens with two attached hydrogens (primary N) is 1. The average Bonchev–Trinajstić information content (AvgIpc) is 2.34. The molecule has 0 aromatic heterocycles. The SMILES string of the molecule is C=C(CC)CC(NN)c1ccc(S(C)(=O)=O)cc1. The van der Waals surface area contributed by atoms with E-state index in [1.54, 1.807) is 24.3 Å². The molecule has 18 heavy (non-hydrogen) atoms. The van der Waals surface area contributed by atoms with Crippen molar-refractivity contribution in [2.45, 2.75) is 30.7 Å². The average molecular weight is 268 g/mol. The maximum atomic E-state index is 11.4. The summed E-state index contributed by atoms with van der Waals surface area (Å²) in [5.41, 5.74) is 4.79. The summed E-state index contributed by atoms with van der Waals surface area (Å²) in [4.78, 5) is 0.316.